The van der Waals surface area contributed by atoms with Crippen LogP contribution in [0.1, 0.15) is 70.6 Å². The van der Waals surface area contributed by atoms with Crippen LogP contribution in [0.3, 0.4) is 0 Å². The van der Waals surface area contributed by atoms with Crippen LogP contribution in [0.15, 0.2) is 47.1 Å². The average Bonchev–Trinajstić information content (AvgIpc) is 2.69. The molecule has 0 fully saturated rings. The molecule has 1 atom stereocenters. The zero-order valence-corrected chi connectivity index (χ0v) is 20.3. The van der Waals surface area contributed by atoms with Gasteiger partial charge in [0.1, 0.15) is 17.6 Å². The first kappa shape index (κ1) is 27.0. The van der Waals surface area contributed by atoms with Crippen molar-refractivity contribution in [1.29, 1.82) is 0 Å². The zero-order chi connectivity index (χ0) is 23.2. The monoisotopic (exact) mass is 432 g/mol. The Balaban J connectivity index is 2.92. The number of aliphatic hydroxyl groups is 1. The molecule has 0 amide bonds. The van der Waals surface area contributed by atoms with Crippen molar-refractivity contribution in [3.8, 4) is 11.5 Å². The van der Waals surface area contributed by atoms with E-state index >= 15 is 0 Å². The Kier molecular flexibility index (Phi) is 12.9. The molecule has 31 heavy (non-hydrogen) atoms. The molecule has 0 saturated heterocycles. The predicted molar refractivity (Wildman–Crippen MR) is 127 cm³/mol. The molecule has 0 aliphatic rings. The summed E-state index contributed by atoms with van der Waals surface area (Å²) in [6.45, 7) is 10.6. The second-order valence-electron chi connectivity index (χ2n) is 8.14. The van der Waals surface area contributed by atoms with Gasteiger partial charge in [0.05, 0.1) is 5.56 Å². The highest BCUT2D eigenvalue weighted by Crippen LogP contribution is 2.37. The number of hydrogen-bond acceptors (Lipinski definition) is 5. The van der Waals surface area contributed by atoms with Crippen molar-refractivity contribution in [3.63, 3.8) is 0 Å². The lowest BCUT2D eigenvalue weighted by Gasteiger charge is -2.19. The lowest BCUT2D eigenvalue weighted by atomic mass is 10.0. The molecule has 1 aromatic rings. The largest absolute Gasteiger partial charge is 0.467 e. The Labute approximate surface area is 188 Å². The number of benzene rings is 1. The van der Waals surface area contributed by atoms with Gasteiger partial charge in [-0.2, -0.15) is 0 Å². The second kappa shape index (κ2) is 14.8. The van der Waals surface area contributed by atoms with Crippen molar-refractivity contribution < 1.29 is 24.1 Å². The molecule has 1 aromatic carbocycles. The van der Waals surface area contributed by atoms with Crippen molar-refractivity contribution in [2.75, 3.05) is 27.8 Å². The minimum atomic E-state index is -0.859. The second-order valence-corrected chi connectivity index (χ2v) is 8.14. The van der Waals surface area contributed by atoms with Crippen LogP contribution in [0.2, 0.25) is 0 Å². The number of hydrogen-bond donors (Lipinski definition) is 1. The summed E-state index contributed by atoms with van der Waals surface area (Å²) < 4.78 is 21.5. The summed E-state index contributed by atoms with van der Waals surface area (Å²) in [5.74, 6) is 1.08. The van der Waals surface area contributed by atoms with Crippen LogP contribution in [0, 0.1) is 6.92 Å². The van der Waals surface area contributed by atoms with E-state index in [0.717, 1.165) is 36.8 Å². The molecule has 0 spiro atoms. The summed E-state index contributed by atoms with van der Waals surface area (Å²) in [5.41, 5.74) is 5.40. The first-order valence-electron chi connectivity index (χ1n) is 10.8. The number of ether oxygens (including phenoxy) is 4. The molecule has 0 saturated carbocycles. The smallest absolute Gasteiger partial charge is 0.188 e. The molecule has 174 valence electrons. The van der Waals surface area contributed by atoms with Crippen LogP contribution in [0.25, 0.3) is 0 Å². The Morgan fingerprint density at radius 2 is 1.39 bits per heavy atom. The topological polar surface area (TPSA) is 57.2 Å². The van der Waals surface area contributed by atoms with E-state index in [2.05, 4.69) is 32.9 Å². The molecule has 1 rings (SSSR count). The maximum atomic E-state index is 11.0. The van der Waals surface area contributed by atoms with Crippen LogP contribution in [0.4, 0.5) is 0 Å². The third-order valence-corrected chi connectivity index (χ3v) is 4.77. The quantitative estimate of drug-likeness (QED) is 0.272. The van der Waals surface area contributed by atoms with E-state index in [1.807, 2.05) is 32.1 Å². The highest BCUT2D eigenvalue weighted by atomic mass is 16.7. The predicted octanol–water partition coefficient (Wildman–Crippen LogP) is 6.41. The van der Waals surface area contributed by atoms with Gasteiger partial charge in [-0.05, 0) is 78.0 Å². The number of aryl methyl sites for hydroxylation is 1. The molecular weight excluding hydrogens is 392 g/mol. The Hall–Kier alpha value is -2.08. The number of rotatable bonds is 14. The maximum absolute atomic E-state index is 11.0. The fourth-order valence-corrected chi connectivity index (χ4v) is 3.18. The van der Waals surface area contributed by atoms with Gasteiger partial charge in [0.25, 0.3) is 0 Å². The Morgan fingerprint density at radius 1 is 0.871 bits per heavy atom. The van der Waals surface area contributed by atoms with Crippen molar-refractivity contribution in [1.82, 2.24) is 0 Å². The van der Waals surface area contributed by atoms with Crippen molar-refractivity contribution in [3.05, 3.63) is 58.2 Å². The van der Waals surface area contributed by atoms with Gasteiger partial charge in [0, 0.05) is 14.2 Å². The molecule has 0 heterocycles. The molecule has 1 N–H and O–H groups in total. The maximum Gasteiger partial charge on any atom is 0.188 e. The van der Waals surface area contributed by atoms with E-state index in [4.69, 9.17) is 18.9 Å². The van der Waals surface area contributed by atoms with Gasteiger partial charge in [0.15, 0.2) is 13.6 Å². The summed E-state index contributed by atoms with van der Waals surface area (Å²) in [5, 5.41) is 11.0. The summed E-state index contributed by atoms with van der Waals surface area (Å²) in [7, 11) is 3.13. The molecule has 0 aliphatic carbocycles. The standard InChI is InChI=1S/C26H40O5/c1-19(2)10-8-11-20(3)12-9-13-21(4)14-23(27)26-24(30-17-28-6)15-22(5)16-25(26)31-18-29-7/h10,12,14-16,23,27H,8-9,11,13,17-18H2,1-7H3/b20-12+,21-14+. The van der Waals surface area contributed by atoms with Crippen LogP contribution in [-0.2, 0) is 9.47 Å². The minimum absolute atomic E-state index is 0.0897. The lowest BCUT2D eigenvalue weighted by molar-refractivity contribution is 0.0417. The van der Waals surface area contributed by atoms with Crippen molar-refractivity contribution >= 4 is 0 Å². The Morgan fingerprint density at radius 3 is 1.90 bits per heavy atom. The molecule has 0 aliphatic heterocycles. The van der Waals surface area contributed by atoms with Gasteiger partial charge in [-0.15, -0.1) is 0 Å². The third-order valence-electron chi connectivity index (χ3n) is 4.77. The summed E-state index contributed by atoms with van der Waals surface area (Å²) in [4.78, 5) is 0. The minimum Gasteiger partial charge on any atom is -0.467 e. The van der Waals surface area contributed by atoms with Gasteiger partial charge in [-0.1, -0.05) is 34.9 Å². The van der Waals surface area contributed by atoms with Gasteiger partial charge >= 0.3 is 0 Å². The third kappa shape index (κ3) is 10.7. The van der Waals surface area contributed by atoms with Gasteiger partial charge < -0.3 is 24.1 Å². The molecule has 5 nitrogen and oxygen atoms in total. The number of aliphatic hydroxyl groups excluding tert-OH is 1. The fourth-order valence-electron chi connectivity index (χ4n) is 3.18. The number of allylic oxidation sites excluding steroid dienone is 5. The van der Waals surface area contributed by atoms with E-state index < -0.39 is 6.10 Å². The molecule has 0 radical (unpaired) electrons. The molecule has 1 unspecified atom stereocenters. The van der Waals surface area contributed by atoms with Crippen molar-refractivity contribution in [2.24, 2.45) is 0 Å². The SMILES string of the molecule is COCOc1cc(C)cc(OCOC)c1C(O)/C=C(\C)CC/C=C(\C)CCC=C(C)C. The van der Waals surface area contributed by atoms with E-state index in [9.17, 15) is 5.11 Å². The van der Waals surface area contributed by atoms with E-state index in [0.29, 0.717) is 17.1 Å². The Bertz CT molecular complexity index is 728. The zero-order valence-electron chi connectivity index (χ0n) is 20.3. The van der Waals surface area contributed by atoms with E-state index in [1.165, 1.54) is 11.1 Å². The highest BCUT2D eigenvalue weighted by Gasteiger charge is 2.19. The van der Waals surface area contributed by atoms with Crippen LogP contribution in [0.5, 0.6) is 11.5 Å². The summed E-state index contributed by atoms with van der Waals surface area (Å²) in [6.07, 6.45) is 9.55. The molecular formula is C26H40O5. The van der Waals surface area contributed by atoms with Crippen LogP contribution >= 0.6 is 0 Å². The summed E-state index contributed by atoms with van der Waals surface area (Å²) >= 11 is 0. The highest BCUT2D eigenvalue weighted by molar-refractivity contribution is 5.50. The first-order valence-corrected chi connectivity index (χ1v) is 10.8. The van der Waals surface area contributed by atoms with E-state index in [1.54, 1.807) is 14.2 Å². The first-order chi connectivity index (χ1) is 14.8. The van der Waals surface area contributed by atoms with Gasteiger partial charge in [0.2, 0.25) is 0 Å². The average molecular weight is 433 g/mol. The van der Waals surface area contributed by atoms with Crippen LogP contribution < -0.4 is 9.47 Å². The van der Waals surface area contributed by atoms with Crippen LogP contribution in [-0.4, -0.2) is 32.9 Å². The molecule has 5 heteroatoms. The number of methoxy groups -OCH3 is 2. The summed E-state index contributed by atoms with van der Waals surface area (Å²) in [6, 6.07) is 3.75. The van der Waals surface area contributed by atoms with E-state index in [-0.39, 0.29) is 13.6 Å². The normalized spacial score (nSPS) is 13.2. The fraction of sp³-hybridized carbons (Fsp3) is 0.538. The molecule has 0 bridgehead atoms. The van der Waals surface area contributed by atoms with Gasteiger partial charge in [-0.25, -0.2) is 0 Å². The molecule has 0 aromatic heterocycles. The van der Waals surface area contributed by atoms with Gasteiger partial charge in [-0.3, -0.25) is 0 Å². The lowest BCUT2D eigenvalue weighted by Crippen LogP contribution is -2.09. The van der Waals surface area contributed by atoms with Crippen molar-refractivity contribution in [2.45, 2.75) is 66.4 Å².